The lowest BCUT2D eigenvalue weighted by Gasteiger charge is -2.51. The molecule has 0 aromatic heterocycles. The maximum atomic E-state index is 9.98. The molecule has 1 aromatic carbocycles. The van der Waals surface area contributed by atoms with Crippen LogP contribution in [0.3, 0.4) is 0 Å². The van der Waals surface area contributed by atoms with Crippen molar-refractivity contribution in [1.29, 1.82) is 0 Å². The predicted octanol–water partition coefficient (Wildman–Crippen LogP) is 2.44. The highest BCUT2D eigenvalue weighted by atomic mass is 16.5. The summed E-state index contributed by atoms with van der Waals surface area (Å²) >= 11 is 0. The number of methoxy groups -OCH3 is 2. The summed E-state index contributed by atoms with van der Waals surface area (Å²) in [4.78, 5) is 2.46. The Labute approximate surface area is 126 Å². The van der Waals surface area contributed by atoms with Gasteiger partial charge in [0.05, 0.1) is 20.3 Å². The van der Waals surface area contributed by atoms with Crippen molar-refractivity contribution in [2.24, 2.45) is 5.41 Å². The Morgan fingerprint density at radius 1 is 1.10 bits per heavy atom. The molecule has 1 unspecified atom stereocenters. The second kappa shape index (κ2) is 5.85. The third-order valence-electron chi connectivity index (χ3n) is 5.29. The van der Waals surface area contributed by atoms with Crippen LogP contribution in [-0.4, -0.2) is 43.4 Å². The van der Waals surface area contributed by atoms with E-state index in [1.165, 1.54) is 12.0 Å². The predicted molar refractivity (Wildman–Crippen MR) is 81.7 cm³/mol. The SMILES string of the molecule is COc1cc(CN2CCC3(CCC3O)CC2)cc(OC)c1. The molecule has 2 aliphatic rings. The van der Waals surface area contributed by atoms with Gasteiger partial charge >= 0.3 is 0 Å². The van der Waals surface area contributed by atoms with Crippen LogP contribution in [0.25, 0.3) is 0 Å². The minimum atomic E-state index is -0.0587. The number of likely N-dealkylation sites (tertiary alicyclic amines) is 1. The molecule has 4 heteroatoms. The van der Waals surface area contributed by atoms with Crippen molar-refractivity contribution in [3.05, 3.63) is 23.8 Å². The van der Waals surface area contributed by atoms with Crippen molar-refractivity contribution in [3.63, 3.8) is 0 Å². The summed E-state index contributed by atoms with van der Waals surface area (Å²) in [5.41, 5.74) is 1.46. The van der Waals surface area contributed by atoms with Gasteiger partial charge in [-0.1, -0.05) is 0 Å². The summed E-state index contributed by atoms with van der Waals surface area (Å²) in [6.45, 7) is 3.05. The van der Waals surface area contributed by atoms with Crippen LogP contribution in [0.4, 0.5) is 0 Å². The molecule has 1 saturated heterocycles. The number of rotatable bonds is 4. The van der Waals surface area contributed by atoms with Crippen LogP contribution in [0.15, 0.2) is 18.2 Å². The molecular weight excluding hydrogens is 266 g/mol. The topological polar surface area (TPSA) is 41.9 Å². The summed E-state index contributed by atoms with van der Waals surface area (Å²) in [5, 5.41) is 9.98. The lowest BCUT2D eigenvalue weighted by atomic mass is 9.61. The fraction of sp³-hybridized carbons (Fsp3) is 0.647. The molecule has 1 spiro atoms. The fourth-order valence-electron chi connectivity index (χ4n) is 3.64. The Hall–Kier alpha value is -1.26. The number of benzene rings is 1. The van der Waals surface area contributed by atoms with Crippen LogP contribution in [0.5, 0.6) is 11.5 Å². The standard InChI is InChI=1S/C17H25NO3/c1-20-14-9-13(10-15(11-14)21-2)12-18-7-5-17(6-8-18)4-3-16(17)19/h9-11,16,19H,3-8,12H2,1-2H3. The first-order chi connectivity index (χ1) is 10.1. The number of hydrogen-bond acceptors (Lipinski definition) is 4. The van der Waals surface area contributed by atoms with Gasteiger partial charge < -0.3 is 14.6 Å². The second-order valence-electron chi connectivity index (χ2n) is 6.41. The summed E-state index contributed by atoms with van der Waals surface area (Å²) in [6.07, 6.45) is 4.38. The highest BCUT2D eigenvalue weighted by Crippen LogP contribution is 2.49. The van der Waals surface area contributed by atoms with Crippen molar-refractivity contribution in [2.45, 2.75) is 38.3 Å². The molecule has 2 fully saturated rings. The Kier molecular flexibility index (Phi) is 4.09. The molecule has 0 amide bonds. The van der Waals surface area contributed by atoms with Gasteiger partial charge in [0.2, 0.25) is 0 Å². The van der Waals surface area contributed by atoms with Crippen molar-refractivity contribution < 1.29 is 14.6 Å². The molecule has 1 aliphatic heterocycles. The normalized spacial score (nSPS) is 24.6. The molecule has 1 atom stereocenters. The van der Waals surface area contributed by atoms with Crippen molar-refractivity contribution >= 4 is 0 Å². The van der Waals surface area contributed by atoms with Crippen LogP contribution in [0.1, 0.15) is 31.2 Å². The van der Waals surface area contributed by atoms with Gasteiger partial charge in [0.25, 0.3) is 0 Å². The smallest absolute Gasteiger partial charge is 0.122 e. The zero-order valence-corrected chi connectivity index (χ0v) is 13.0. The van der Waals surface area contributed by atoms with Crippen molar-refractivity contribution in [1.82, 2.24) is 4.90 Å². The molecule has 21 heavy (non-hydrogen) atoms. The van der Waals surface area contributed by atoms with Gasteiger partial charge in [-0.05, 0) is 61.9 Å². The van der Waals surface area contributed by atoms with Crippen LogP contribution in [-0.2, 0) is 6.54 Å². The Morgan fingerprint density at radius 2 is 1.71 bits per heavy atom. The maximum absolute atomic E-state index is 9.98. The van der Waals surface area contributed by atoms with Crippen LogP contribution < -0.4 is 9.47 Å². The van der Waals surface area contributed by atoms with E-state index < -0.39 is 0 Å². The maximum Gasteiger partial charge on any atom is 0.122 e. The Balaban J connectivity index is 1.62. The minimum absolute atomic E-state index is 0.0587. The molecule has 0 bridgehead atoms. The quantitative estimate of drug-likeness (QED) is 0.925. The second-order valence-corrected chi connectivity index (χ2v) is 6.41. The van der Waals surface area contributed by atoms with Gasteiger partial charge in [0.1, 0.15) is 11.5 Å². The highest BCUT2D eigenvalue weighted by molar-refractivity contribution is 5.38. The zero-order valence-electron chi connectivity index (χ0n) is 13.0. The van der Waals surface area contributed by atoms with Gasteiger partial charge in [-0.2, -0.15) is 0 Å². The summed E-state index contributed by atoms with van der Waals surface area (Å²) in [6, 6.07) is 6.05. The van der Waals surface area contributed by atoms with E-state index in [9.17, 15) is 5.11 Å². The first-order valence-electron chi connectivity index (χ1n) is 7.77. The lowest BCUT2D eigenvalue weighted by molar-refractivity contribution is -0.100. The monoisotopic (exact) mass is 291 g/mol. The van der Waals surface area contributed by atoms with E-state index in [0.29, 0.717) is 0 Å². The number of aliphatic hydroxyl groups is 1. The molecule has 0 radical (unpaired) electrons. The number of ether oxygens (including phenoxy) is 2. The van der Waals surface area contributed by atoms with Crippen LogP contribution in [0, 0.1) is 5.41 Å². The van der Waals surface area contributed by atoms with E-state index >= 15 is 0 Å². The summed E-state index contributed by atoms with van der Waals surface area (Å²) in [5.74, 6) is 1.68. The van der Waals surface area contributed by atoms with Gasteiger partial charge in [0.15, 0.2) is 0 Å². The molecule has 1 saturated carbocycles. The Bertz CT molecular complexity index is 473. The van der Waals surface area contributed by atoms with E-state index in [2.05, 4.69) is 17.0 Å². The number of hydrogen-bond donors (Lipinski definition) is 1. The number of aliphatic hydroxyl groups excluding tert-OH is 1. The molecule has 3 rings (SSSR count). The van der Waals surface area contributed by atoms with Gasteiger partial charge in [-0.3, -0.25) is 4.90 Å². The van der Waals surface area contributed by atoms with E-state index in [0.717, 1.165) is 50.4 Å². The van der Waals surface area contributed by atoms with E-state index in [-0.39, 0.29) is 11.5 Å². The zero-order chi connectivity index (χ0) is 14.9. The number of piperidine rings is 1. The molecule has 1 N–H and O–H groups in total. The number of nitrogens with zero attached hydrogens (tertiary/aromatic N) is 1. The fourth-order valence-corrected chi connectivity index (χ4v) is 3.64. The molecule has 1 aromatic rings. The minimum Gasteiger partial charge on any atom is -0.497 e. The molecule has 1 aliphatic carbocycles. The third-order valence-corrected chi connectivity index (χ3v) is 5.29. The van der Waals surface area contributed by atoms with Gasteiger partial charge in [-0.15, -0.1) is 0 Å². The van der Waals surface area contributed by atoms with Crippen LogP contribution in [0.2, 0.25) is 0 Å². The van der Waals surface area contributed by atoms with Gasteiger partial charge in [-0.25, -0.2) is 0 Å². The molecule has 116 valence electrons. The van der Waals surface area contributed by atoms with Gasteiger partial charge in [0, 0.05) is 12.6 Å². The largest absolute Gasteiger partial charge is 0.497 e. The lowest BCUT2D eigenvalue weighted by Crippen LogP contribution is -2.51. The van der Waals surface area contributed by atoms with Crippen molar-refractivity contribution in [2.75, 3.05) is 27.3 Å². The van der Waals surface area contributed by atoms with E-state index in [1.54, 1.807) is 14.2 Å². The summed E-state index contributed by atoms with van der Waals surface area (Å²) in [7, 11) is 3.36. The van der Waals surface area contributed by atoms with Crippen molar-refractivity contribution in [3.8, 4) is 11.5 Å². The third kappa shape index (κ3) is 2.87. The molecule has 4 nitrogen and oxygen atoms in total. The molecular formula is C17H25NO3. The molecule has 1 heterocycles. The Morgan fingerprint density at radius 3 is 2.14 bits per heavy atom. The van der Waals surface area contributed by atoms with Crippen LogP contribution >= 0.6 is 0 Å². The first kappa shape index (κ1) is 14.7. The van der Waals surface area contributed by atoms with E-state index in [1.807, 2.05) is 6.07 Å². The van der Waals surface area contributed by atoms with E-state index in [4.69, 9.17) is 9.47 Å². The average Bonchev–Trinajstić information content (AvgIpc) is 2.53. The highest BCUT2D eigenvalue weighted by Gasteiger charge is 2.47. The summed E-state index contributed by atoms with van der Waals surface area (Å²) < 4.78 is 10.7. The average molecular weight is 291 g/mol. The first-order valence-corrected chi connectivity index (χ1v) is 7.77.